The number of rotatable bonds is 5. The average Bonchev–Trinajstić information content (AvgIpc) is 2.81. The molecule has 0 aliphatic carbocycles. The molecule has 7 atom stereocenters. The van der Waals surface area contributed by atoms with Crippen LogP contribution in [0.1, 0.15) is 28.9 Å². The van der Waals surface area contributed by atoms with Gasteiger partial charge in [-0.25, -0.2) is 0 Å². The van der Waals surface area contributed by atoms with Gasteiger partial charge in [-0.1, -0.05) is 0 Å². The molecule has 12 heteroatoms. The predicted molar refractivity (Wildman–Crippen MR) is 116 cm³/mol. The molecule has 1 fully saturated rings. The number of aliphatic hydroxyl groups is 3. The van der Waals surface area contributed by atoms with Crippen LogP contribution in [-0.4, -0.2) is 87.5 Å². The molecule has 0 aromatic heterocycles. The van der Waals surface area contributed by atoms with Crippen LogP contribution in [0.15, 0.2) is 24.3 Å². The molecule has 1 saturated heterocycles. The van der Waals surface area contributed by atoms with Crippen molar-refractivity contribution >= 4 is 5.78 Å². The Morgan fingerprint density at radius 2 is 1.54 bits per heavy atom. The van der Waals surface area contributed by atoms with Gasteiger partial charge in [0.05, 0.1) is 20.3 Å². The van der Waals surface area contributed by atoms with Crippen LogP contribution in [0, 0.1) is 0 Å². The molecule has 2 aliphatic rings. The molecule has 12 nitrogen and oxygen atoms in total. The Kier molecular flexibility index (Phi) is 6.66. The largest absolute Gasteiger partial charge is 0.508 e. The van der Waals surface area contributed by atoms with Crippen LogP contribution in [0.25, 0.3) is 0 Å². The molecule has 35 heavy (non-hydrogen) atoms. The standard InChI is InChI=1S/C23H26O12/c1-8-16(27)18(29)19(30)23(33-8)35-22-17(28)15-13(31-2)6-10(24)7-14(15)34-20(22)9-4-11(25)21(32-3)12(26)5-9/h4-8,16,18-20,22-27,29-30H,1-3H3/t8-,16-,18+,19+,20-,22+,23+/m1/s1. The SMILES string of the molecule is COc1cc(O)cc2c1C(=O)[C@H](O[C@@H]1O[C@H](C)[C@@H](O)[C@H](O)[C@@H]1O)[C@@H](c1cc(O)c(OC)c(O)c1)O2. The van der Waals surface area contributed by atoms with E-state index in [-0.39, 0.29) is 34.1 Å². The fourth-order valence-corrected chi connectivity index (χ4v) is 4.19. The first-order valence-electron chi connectivity index (χ1n) is 10.6. The number of phenolic OH excluding ortho intramolecular Hbond substituents is 3. The average molecular weight is 494 g/mol. The van der Waals surface area contributed by atoms with Crippen molar-refractivity contribution in [3.8, 4) is 34.5 Å². The van der Waals surface area contributed by atoms with Crippen molar-refractivity contribution in [1.82, 2.24) is 0 Å². The molecule has 190 valence electrons. The van der Waals surface area contributed by atoms with E-state index in [0.717, 1.165) is 0 Å². The summed E-state index contributed by atoms with van der Waals surface area (Å²) in [7, 11) is 2.53. The number of fused-ring (bicyclic) bond motifs is 1. The highest BCUT2D eigenvalue weighted by molar-refractivity contribution is 6.06. The Morgan fingerprint density at radius 3 is 2.14 bits per heavy atom. The summed E-state index contributed by atoms with van der Waals surface area (Å²) in [5, 5.41) is 61.2. The Morgan fingerprint density at radius 1 is 0.886 bits per heavy atom. The summed E-state index contributed by atoms with van der Waals surface area (Å²) in [6.07, 6.45) is -10.1. The molecule has 6 N–H and O–H groups in total. The van der Waals surface area contributed by atoms with Crippen LogP contribution in [0.3, 0.4) is 0 Å². The first-order chi connectivity index (χ1) is 16.6. The molecule has 2 heterocycles. The molecular weight excluding hydrogens is 468 g/mol. The Labute approximate surface area is 199 Å². The van der Waals surface area contributed by atoms with Gasteiger partial charge >= 0.3 is 0 Å². The molecule has 0 radical (unpaired) electrons. The highest BCUT2D eigenvalue weighted by atomic mass is 16.7. The number of hydrogen-bond acceptors (Lipinski definition) is 12. The van der Waals surface area contributed by atoms with E-state index in [1.807, 2.05) is 0 Å². The molecular formula is C23H26O12. The normalized spacial score (nSPS) is 30.3. The number of ketones is 1. The van der Waals surface area contributed by atoms with Crippen LogP contribution in [-0.2, 0) is 9.47 Å². The first-order valence-corrected chi connectivity index (χ1v) is 10.6. The van der Waals surface area contributed by atoms with Crippen LogP contribution in [0.4, 0.5) is 0 Å². The van der Waals surface area contributed by atoms with Crippen LogP contribution in [0.5, 0.6) is 34.5 Å². The lowest BCUT2D eigenvalue weighted by molar-refractivity contribution is -0.304. The lowest BCUT2D eigenvalue weighted by Crippen LogP contribution is -2.59. The molecule has 0 unspecified atom stereocenters. The topological polar surface area (TPSA) is 185 Å². The van der Waals surface area contributed by atoms with Crippen molar-refractivity contribution in [3.05, 3.63) is 35.4 Å². The van der Waals surface area contributed by atoms with Gasteiger partial charge in [0.25, 0.3) is 0 Å². The molecule has 0 bridgehead atoms. The maximum absolute atomic E-state index is 13.6. The monoisotopic (exact) mass is 494 g/mol. The summed E-state index contributed by atoms with van der Waals surface area (Å²) >= 11 is 0. The van der Waals surface area contributed by atoms with Crippen molar-refractivity contribution in [2.45, 2.75) is 49.8 Å². The minimum Gasteiger partial charge on any atom is -0.508 e. The predicted octanol–water partition coefficient (Wildman–Crippen LogP) is 0.350. The van der Waals surface area contributed by atoms with Gasteiger partial charge in [-0.3, -0.25) is 4.79 Å². The van der Waals surface area contributed by atoms with Crippen molar-refractivity contribution in [2.75, 3.05) is 14.2 Å². The summed E-state index contributed by atoms with van der Waals surface area (Å²) in [6, 6.07) is 4.78. The van der Waals surface area contributed by atoms with Crippen molar-refractivity contribution < 1.29 is 59.1 Å². The van der Waals surface area contributed by atoms with Crippen LogP contribution in [0.2, 0.25) is 0 Å². The first kappa shape index (κ1) is 24.8. The second-order valence-electron chi connectivity index (χ2n) is 8.25. The molecule has 4 rings (SSSR count). The Balaban J connectivity index is 1.80. The number of methoxy groups -OCH3 is 2. The zero-order valence-electron chi connectivity index (χ0n) is 19.0. The molecule has 0 saturated carbocycles. The molecule has 2 aromatic rings. The number of hydrogen-bond donors (Lipinski definition) is 6. The van der Waals surface area contributed by atoms with Gasteiger partial charge in [0.2, 0.25) is 11.5 Å². The van der Waals surface area contributed by atoms with E-state index in [0.29, 0.717) is 0 Å². The summed E-state index contributed by atoms with van der Waals surface area (Å²) in [5.41, 5.74) is 0.0264. The van der Waals surface area contributed by atoms with Crippen LogP contribution >= 0.6 is 0 Å². The van der Waals surface area contributed by atoms with Gasteiger partial charge in [0.1, 0.15) is 41.1 Å². The number of aliphatic hydroxyl groups excluding tert-OH is 3. The third-order valence-corrected chi connectivity index (χ3v) is 6.00. The number of carbonyl (C=O) groups excluding carboxylic acids is 1. The molecule has 2 aliphatic heterocycles. The van der Waals surface area contributed by atoms with Gasteiger partial charge < -0.3 is 54.3 Å². The van der Waals surface area contributed by atoms with Gasteiger partial charge in [-0.2, -0.15) is 0 Å². The quantitative estimate of drug-likeness (QED) is 0.336. The number of phenols is 3. The summed E-state index contributed by atoms with van der Waals surface area (Å²) < 4.78 is 27.4. The fraction of sp³-hybridized carbons (Fsp3) is 0.435. The Hall–Kier alpha value is -3.29. The van der Waals surface area contributed by atoms with Crippen molar-refractivity contribution in [2.24, 2.45) is 0 Å². The summed E-state index contributed by atoms with van der Waals surface area (Å²) in [5.74, 6) is -2.09. The minimum atomic E-state index is -1.71. The van der Waals surface area contributed by atoms with E-state index in [1.54, 1.807) is 0 Å². The van der Waals surface area contributed by atoms with E-state index in [4.69, 9.17) is 23.7 Å². The fourth-order valence-electron chi connectivity index (χ4n) is 4.19. The van der Waals surface area contributed by atoms with Crippen LogP contribution < -0.4 is 14.2 Å². The third-order valence-electron chi connectivity index (χ3n) is 6.00. The van der Waals surface area contributed by atoms with Crippen molar-refractivity contribution in [1.29, 1.82) is 0 Å². The smallest absolute Gasteiger partial charge is 0.203 e. The van der Waals surface area contributed by atoms with E-state index < -0.39 is 60.2 Å². The number of carbonyl (C=O) groups is 1. The number of ether oxygens (including phenoxy) is 5. The molecule has 2 aromatic carbocycles. The lowest BCUT2D eigenvalue weighted by Gasteiger charge is -2.42. The zero-order valence-corrected chi connectivity index (χ0v) is 19.0. The molecule has 0 amide bonds. The van der Waals surface area contributed by atoms with E-state index in [1.165, 1.54) is 45.4 Å². The van der Waals surface area contributed by atoms with E-state index in [2.05, 4.69) is 0 Å². The molecule has 0 spiro atoms. The summed E-state index contributed by atoms with van der Waals surface area (Å²) in [6.45, 7) is 1.45. The summed E-state index contributed by atoms with van der Waals surface area (Å²) in [4.78, 5) is 13.6. The maximum atomic E-state index is 13.6. The minimum absolute atomic E-state index is 0.00795. The lowest BCUT2D eigenvalue weighted by atomic mass is 9.91. The second-order valence-corrected chi connectivity index (χ2v) is 8.25. The van der Waals surface area contributed by atoms with Gasteiger partial charge in [0.15, 0.2) is 30.0 Å². The van der Waals surface area contributed by atoms with Gasteiger partial charge in [-0.15, -0.1) is 0 Å². The number of Topliss-reactive ketones (excluding diaryl/α,β-unsaturated/α-hetero) is 1. The van der Waals surface area contributed by atoms with E-state index in [9.17, 15) is 35.4 Å². The number of benzene rings is 2. The number of aromatic hydroxyl groups is 3. The van der Waals surface area contributed by atoms with Gasteiger partial charge in [-0.05, 0) is 19.1 Å². The highest BCUT2D eigenvalue weighted by Gasteiger charge is 2.48. The van der Waals surface area contributed by atoms with E-state index >= 15 is 0 Å². The van der Waals surface area contributed by atoms with Gasteiger partial charge in [0, 0.05) is 17.7 Å². The van der Waals surface area contributed by atoms with Crippen molar-refractivity contribution in [3.63, 3.8) is 0 Å². The third kappa shape index (κ3) is 4.30. The second kappa shape index (κ2) is 9.40. The Bertz CT molecular complexity index is 1090. The maximum Gasteiger partial charge on any atom is 0.203 e. The highest BCUT2D eigenvalue weighted by Crippen LogP contribution is 2.46. The zero-order chi connectivity index (χ0) is 25.6.